The molecule has 1 aromatic carbocycles. The summed E-state index contributed by atoms with van der Waals surface area (Å²) >= 11 is 0. The smallest absolute Gasteiger partial charge is 0.325 e. The van der Waals surface area contributed by atoms with Crippen LogP contribution in [0, 0.1) is 0 Å². The Bertz CT molecular complexity index is 568. The van der Waals surface area contributed by atoms with Gasteiger partial charge in [0.1, 0.15) is 6.54 Å². The highest BCUT2D eigenvalue weighted by Crippen LogP contribution is 2.25. The van der Waals surface area contributed by atoms with Crippen molar-refractivity contribution in [3.8, 4) is 0 Å². The van der Waals surface area contributed by atoms with Crippen molar-refractivity contribution >= 4 is 23.5 Å². The highest BCUT2D eigenvalue weighted by atomic mass is 16.5. The Morgan fingerprint density at radius 2 is 2.15 bits per heavy atom. The van der Waals surface area contributed by atoms with Gasteiger partial charge in [-0.15, -0.1) is 0 Å². The van der Waals surface area contributed by atoms with Crippen LogP contribution in [0.5, 0.6) is 0 Å². The molecule has 0 saturated heterocycles. The summed E-state index contributed by atoms with van der Waals surface area (Å²) < 4.78 is 4.84. The molecule has 6 heteroatoms. The number of carbonyl (C=O) groups excluding carboxylic acids is 3. The Balaban J connectivity index is 2.12. The molecule has 1 aliphatic rings. The lowest BCUT2D eigenvalue weighted by Crippen LogP contribution is -2.31. The molecular formula is C14H16N2O4. The highest BCUT2D eigenvalue weighted by molar-refractivity contribution is 6.01. The topological polar surface area (TPSA) is 75.7 Å². The number of fused-ring (bicyclic) bond motifs is 1. The van der Waals surface area contributed by atoms with Crippen molar-refractivity contribution in [2.24, 2.45) is 0 Å². The molecule has 1 heterocycles. The molecule has 0 unspecified atom stereocenters. The zero-order chi connectivity index (χ0) is 14.7. The van der Waals surface area contributed by atoms with Gasteiger partial charge in [0, 0.05) is 24.7 Å². The molecule has 0 fully saturated rings. The molecular weight excluding hydrogens is 260 g/mol. The van der Waals surface area contributed by atoms with Gasteiger partial charge in [0.2, 0.25) is 5.91 Å². The third-order valence-electron chi connectivity index (χ3n) is 2.93. The molecule has 2 rings (SSSR count). The number of carbonyl (C=O) groups is 3. The van der Waals surface area contributed by atoms with Gasteiger partial charge in [0.25, 0.3) is 5.91 Å². The van der Waals surface area contributed by atoms with Crippen molar-refractivity contribution in [1.82, 2.24) is 4.90 Å². The first kappa shape index (κ1) is 14.0. The molecule has 0 aliphatic carbocycles. The van der Waals surface area contributed by atoms with E-state index in [1.807, 2.05) is 0 Å². The first-order valence-corrected chi connectivity index (χ1v) is 6.36. The Labute approximate surface area is 116 Å². The number of ether oxygens (including phenoxy) is 1. The number of hydrogen-bond acceptors (Lipinski definition) is 4. The highest BCUT2D eigenvalue weighted by Gasteiger charge is 2.29. The van der Waals surface area contributed by atoms with Gasteiger partial charge in [-0.25, -0.2) is 0 Å². The van der Waals surface area contributed by atoms with Gasteiger partial charge in [-0.1, -0.05) is 6.07 Å². The average Bonchev–Trinajstić information content (AvgIpc) is 2.66. The fourth-order valence-electron chi connectivity index (χ4n) is 2.13. The number of anilines is 1. The Kier molecular flexibility index (Phi) is 4.02. The Hall–Kier alpha value is -2.37. The van der Waals surface area contributed by atoms with Crippen LogP contribution in [-0.2, 0) is 20.9 Å². The molecule has 0 aromatic heterocycles. The van der Waals surface area contributed by atoms with E-state index in [1.54, 1.807) is 25.1 Å². The van der Waals surface area contributed by atoms with Crippen LogP contribution in [0.25, 0.3) is 0 Å². The summed E-state index contributed by atoms with van der Waals surface area (Å²) in [5.74, 6) is -0.838. The van der Waals surface area contributed by atoms with Crippen molar-refractivity contribution in [2.45, 2.75) is 20.4 Å². The SMILES string of the molecule is CCOC(=O)CN1Cc2ccc(NC(C)=O)cc2C1=O. The number of benzene rings is 1. The van der Waals surface area contributed by atoms with E-state index in [9.17, 15) is 14.4 Å². The zero-order valence-electron chi connectivity index (χ0n) is 11.4. The van der Waals surface area contributed by atoms with E-state index in [0.29, 0.717) is 24.4 Å². The fourth-order valence-corrected chi connectivity index (χ4v) is 2.13. The second-order valence-corrected chi connectivity index (χ2v) is 4.52. The van der Waals surface area contributed by atoms with Crippen LogP contribution in [0.2, 0.25) is 0 Å². The molecule has 106 valence electrons. The number of hydrogen-bond donors (Lipinski definition) is 1. The minimum atomic E-state index is -0.421. The molecule has 0 atom stereocenters. The van der Waals surface area contributed by atoms with E-state index < -0.39 is 5.97 Å². The number of nitrogens with zero attached hydrogens (tertiary/aromatic N) is 1. The van der Waals surface area contributed by atoms with E-state index in [1.165, 1.54) is 11.8 Å². The Morgan fingerprint density at radius 3 is 2.80 bits per heavy atom. The molecule has 0 radical (unpaired) electrons. The van der Waals surface area contributed by atoms with Gasteiger partial charge < -0.3 is 15.0 Å². The summed E-state index contributed by atoms with van der Waals surface area (Å²) in [6, 6.07) is 5.15. The summed E-state index contributed by atoms with van der Waals surface area (Å²) in [6.45, 7) is 3.74. The monoisotopic (exact) mass is 276 g/mol. The Morgan fingerprint density at radius 1 is 1.40 bits per heavy atom. The number of nitrogens with one attached hydrogen (secondary N) is 1. The molecule has 0 bridgehead atoms. The average molecular weight is 276 g/mol. The van der Waals surface area contributed by atoms with Crippen molar-refractivity contribution in [3.05, 3.63) is 29.3 Å². The van der Waals surface area contributed by atoms with E-state index in [0.717, 1.165) is 5.56 Å². The predicted molar refractivity (Wildman–Crippen MR) is 72.1 cm³/mol. The van der Waals surface area contributed by atoms with E-state index >= 15 is 0 Å². The summed E-state index contributed by atoms with van der Waals surface area (Å²) in [4.78, 5) is 36.1. The maximum Gasteiger partial charge on any atom is 0.325 e. The minimum Gasteiger partial charge on any atom is -0.465 e. The van der Waals surface area contributed by atoms with Crippen LogP contribution < -0.4 is 5.32 Å². The van der Waals surface area contributed by atoms with E-state index in [-0.39, 0.29) is 18.4 Å². The molecule has 6 nitrogen and oxygen atoms in total. The van der Waals surface area contributed by atoms with Gasteiger partial charge in [-0.05, 0) is 24.6 Å². The van der Waals surface area contributed by atoms with E-state index in [4.69, 9.17) is 4.74 Å². The first-order valence-electron chi connectivity index (χ1n) is 6.36. The molecule has 1 aliphatic heterocycles. The van der Waals surface area contributed by atoms with Crippen molar-refractivity contribution < 1.29 is 19.1 Å². The largest absolute Gasteiger partial charge is 0.465 e. The second kappa shape index (κ2) is 5.73. The van der Waals surface area contributed by atoms with Gasteiger partial charge in [0.15, 0.2) is 0 Å². The number of amides is 2. The van der Waals surface area contributed by atoms with Crippen molar-refractivity contribution in [2.75, 3.05) is 18.5 Å². The quantitative estimate of drug-likeness (QED) is 0.837. The number of esters is 1. The van der Waals surface area contributed by atoms with Crippen LogP contribution in [-0.4, -0.2) is 35.8 Å². The normalized spacial score (nSPS) is 13.1. The predicted octanol–water partition coefficient (Wildman–Crippen LogP) is 1.16. The number of rotatable bonds is 4. The zero-order valence-corrected chi connectivity index (χ0v) is 11.4. The molecule has 0 spiro atoms. The van der Waals surface area contributed by atoms with Crippen LogP contribution in [0.3, 0.4) is 0 Å². The lowest BCUT2D eigenvalue weighted by atomic mass is 10.1. The molecule has 0 saturated carbocycles. The van der Waals surface area contributed by atoms with Gasteiger partial charge >= 0.3 is 5.97 Å². The lowest BCUT2D eigenvalue weighted by molar-refractivity contribution is -0.143. The standard InChI is InChI=1S/C14H16N2O4/c1-3-20-13(18)8-16-7-10-4-5-11(15-9(2)17)6-12(10)14(16)19/h4-6H,3,7-8H2,1-2H3,(H,15,17). The van der Waals surface area contributed by atoms with Crippen LogP contribution in [0.4, 0.5) is 5.69 Å². The molecule has 20 heavy (non-hydrogen) atoms. The van der Waals surface area contributed by atoms with Gasteiger partial charge in [0.05, 0.1) is 6.61 Å². The summed E-state index contributed by atoms with van der Waals surface area (Å²) in [5, 5.41) is 2.63. The van der Waals surface area contributed by atoms with Gasteiger partial charge in [-0.2, -0.15) is 0 Å². The molecule has 1 aromatic rings. The third kappa shape index (κ3) is 2.96. The first-order chi connectivity index (χ1) is 9.51. The van der Waals surface area contributed by atoms with Crippen LogP contribution in [0.15, 0.2) is 18.2 Å². The summed E-state index contributed by atoms with van der Waals surface area (Å²) in [5.41, 5.74) is 1.93. The molecule has 2 amide bonds. The maximum atomic E-state index is 12.2. The van der Waals surface area contributed by atoms with Crippen molar-refractivity contribution in [1.29, 1.82) is 0 Å². The summed E-state index contributed by atoms with van der Waals surface area (Å²) in [6.07, 6.45) is 0. The van der Waals surface area contributed by atoms with Gasteiger partial charge in [-0.3, -0.25) is 14.4 Å². The summed E-state index contributed by atoms with van der Waals surface area (Å²) in [7, 11) is 0. The third-order valence-corrected chi connectivity index (χ3v) is 2.93. The molecule has 1 N–H and O–H groups in total. The second-order valence-electron chi connectivity index (χ2n) is 4.52. The lowest BCUT2D eigenvalue weighted by Gasteiger charge is -2.13. The fraction of sp³-hybridized carbons (Fsp3) is 0.357. The van der Waals surface area contributed by atoms with Crippen LogP contribution in [0.1, 0.15) is 29.8 Å². The van der Waals surface area contributed by atoms with E-state index in [2.05, 4.69) is 5.32 Å². The maximum absolute atomic E-state index is 12.2. The minimum absolute atomic E-state index is 0.0587. The van der Waals surface area contributed by atoms with Crippen LogP contribution >= 0.6 is 0 Å². The van der Waals surface area contributed by atoms with Crippen molar-refractivity contribution in [3.63, 3.8) is 0 Å².